The highest BCUT2D eigenvalue weighted by molar-refractivity contribution is 5.38. The Morgan fingerprint density at radius 3 is 1.89 bits per heavy atom. The van der Waals surface area contributed by atoms with Crippen LogP contribution >= 0.6 is 0 Å². The van der Waals surface area contributed by atoms with Crippen LogP contribution in [0.3, 0.4) is 0 Å². The van der Waals surface area contributed by atoms with Crippen LogP contribution in [0.2, 0.25) is 0 Å². The summed E-state index contributed by atoms with van der Waals surface area (Å²) in [4.78, 5) is 0. The van der Waals surface area contributed by atoms with Gasteiger partial charge in [0.15, 0.2) is 6.29 Å². The van der Waals surface area contributed by atoms with Crippen molar-refractivity contribution in [2.24, 2.45) is 5.73 Å². The third-order valence-corrected chi connectivity index (χ3v) is 3.29. The van der Waals surface area contributed by atoms with Crippen molar-refractivity contribution in [2.45, 2.75) is 53.4 Å². The van der Waals surface area contributed by atoms with Crippen molar-refractivity contribution >= 4 is 0 Å². The zero-order valence-electron chi connectivity index (χ0n) is 12.8. The lowest BCUT2D eigenvalue weighted by molar-refractivity contribution is -0.148. The SMILES string of the molecule is CCOC(OCC)C(N)Cc1c(C)cc(C)cc1C. The number of hydrogen-bond acceptors (Lipinski definition) is 3. The molecule has 3 heteroatoms. The van der Waals surface area contributed by atoms with Crippen LogP contribution in [-0.4, -0.2) is 25.5 Å². The molecule has 0 aliphatic heterocycles. The lowest BCUT2D eigenvalue weighted by Gasteiger charge is -2.25. The largest absolute Gasteiger partial charge is 0.351 e. The average Bonchev–Trinajstić information content (AvgIpc) is 2.33. The molecule has 0 bridgehead atoms. The van der Waals surface area contributed by atoms with Gasteiger partial charge in [0.2, 0.25) is 0 Å². The molecule has 0 radical (unpaired) electrons. The van der Waals surface area contributed by atoms with E-state index in [1.165, 1.54) is 22.3 Å². The van der Waals surface area contributed by atoms with Gasteiger partial charge in [-0.15, -0.1) is 0 Å². The maximum absolute atomic E-state index is 6.25. The van der Waals surface area contributed by atoms with E-state index in [0.717, 1.165) is 6.42 Å². The summed E-state index contributed by atoms with van der Waals surface area (Å²) in [6.45, 7) is 11.5. The van der Waals surface area contributed by atoms with Crippen molar-refractivity contribution < 1.29 is 9.47 Å². The van der Waals surface area contributed by atoms with Gasteiger partial charge in [-0.25, -0.2) is 0 Å². The predicted octanol–water partition coefficient (Wildman–Crippen LogP) is 2.88. The third kappa shape index (κ3) is 4.60. The van der Waals surface area contributed by atoms with Gasteiger partial charge in [0.25, 0.3) is 0 Å². The molecule has 0 aromatic heterocycles. The second-order valence-corrected chi connectivity index (χ2v) is 5.02. The molecule has 1 rings (SSSR count). The van der Waals surface area contributed by atoms with Gasteiger partial charge in [0, 0.05) is 13.2 Å². The molecule has 0 fully saturated rings. The Morgan fingerprint density at radius 1 is 1.00 bits per heavy atom. The smallest absolute Gasteiger partial charge is 0.172 e. The fourth-order valence-corrected chi connectivity index (χ4v) is 2.49. The molecule has 0 heterocycles. The minimum Gasteiger partial charge on any atom is -0.351 e. The molecule has 3 nitrogen and oxygen atoms in total. The van der Waals surface area contributed by atoms with Crippen LogP contribution in [0.4, 0.5) is 0 Å². The van der Waals surface area contributed by atoms with Gasteiger partial charge in [0.1, 0.15) is 0 Å². The number of benzene rings is 1. The number of rotatable bonds is 7. The Morgan fingerprint density at radius 2 is 1.47 bits per heavy atom. The lowest BCUT2D eigenvalue weighted by atomic mass is 9.94. The van der Waals surface area contributed by atoms with Crippen LogP contribution in [0.5, 0.6) is 0 Å². The molecule has 108 valence electrons. The van der Waals surface area contributed by atoms with Gasteiger partial charge in [-0.2, -0.15) is 0 Å². The third-order valence-electron chi connectivity index (χ3n) is 3.29. The molecule has 1 unspecified atom stereocenters. The Hall–Kier alpha value is -0.900. The molecular formula is C16H27NO2. The highest BCUT2D eigenvalue weighted by atomic mass is 16.7. The maximum atomic E-state index is 6.25. The first-order chi connectivity index (χ1) is 8.99. The summed E-state index contributed by atoms with van der Waals surface area (Å²) in [6.07, 6.45) is 0.456. The van der Waals surface area contributed by atoms with E-state index in [-0.39, 0.29) is 12.3 Å². The molecule has 1 atom stereocenters. The first kappa shape index (κ1) is 16.2. The van der Waals surface area contributed by atoms with Gasteiger partial charge < -0.3 is 15.2 Å². The summed E-state index contributed by atoms with van der Waals surface area (Å²) in [5.74, 6) is 0. The van der Waals surface area contributed by atoms with E-state index in [4.69, 9.17) is 15.2 Å². The Labute approximate surface area is 117 Å². The van der Waals surface area contributed by atoms with Gasteiger partial charge in [0.05, 0.1) is 6.04 Å². The standard InChI is InChI=1S/C16H27NO2/c1-6-18-16(19-7-2)15(17)10-14-12(4)8-11(3)9-13(14)5/h8-9,15-16H,6-7,10,17H2,1-5H3. The Kier molecular flexibility index (Phi) is 6.49. The number of hydrogen-bond donors (Lipinski definition) is 1. The van der Waals surface area contributed by atoms with E-state index in [0.29, 0.717) is 13.2 Å². The topological polar surface area (TPSA) is 44.5 Å². The minimum absolute atomic E-state index is 0.139. The first-order valence-electron chi connectivity index (χ1n) is 7.05. The van der Waals surface area contributed by atoms with E-state index in [9.17, 15) is 0 Å². The van der Waals surface area contributed by atoms with Crippen LogP contribution in [-0.2, 0) is 15.9 Å². The van der Waals surface area contributed by atoms with Crippen molar-refractivity contribution in [1.82, 2.24) is 0 Å². The average molecular weight is 265 g/mol. The lowest BCUT2D eigenvalue weighted by Crippen LogP contribution is -2.41. The molecule has 0 amide bonds. The Balaban J connectivity index is 2.82. The number of ether oxygens (including phenoxy) is 2. The molecule has 19 heavy (non-hydrogen) atoms. The van der Waals surface area contributed by atoms with E-state index < -0.39 is 0 Å². The van der Waals surface area contributed by atoms with Crippen molar-refractivity contribution in [1.29, 1.82) is 0 Å². The van der Waals surface area contributed by atoms with Crippen molar-refractivity contribution in [3.63, 3.8) is 0 Å². The van der Waals surface area contributed by atoms with Crippen molar-refractivity contribution in [2.75, 3.05) is 13.2 Å². The second kappa shape index (κ2) is 7.63. The molecular weight excluding hydrogens is 238 g/mol. The normalized spacial score (nSPS) is 13.0. The van der Waals surface area contributed by atoms with Crippen LogP contribution < -0.4 is 5.73 Å². The molecule has 0 aliphatic rings. The van der Waals surface area contributed by atoms with Crippen LogP contribution in [0.1, 0.15) is 36.1 Å². The summed E-state index contributed by atoms with van der Waals surface area (Å²) >= 11 is 0. The van der Waals surface area contributed by atoms with E-state index in [2.05, 4.69) is 32.9 Å². The van der Waals surface area contributed by atoms with Gasteiger partial charge in [-0.1, -0.05) is 17.7 Å². The van der Waals surface area contributed by atoms with Gasteiger partial charge >= 0.3 is 0 Å². The molecule has 1 aromatic rings. The van der Waals surface area contributed by atoms with Crippen LogP contribution in [0, 0.1) is 20.8 Å². The van der Waals surface area contributed by atoms with Crippen molar-refractivity contribution in [3.05, 3.63) is 34.4 Å². The van der Waals surface area contributed by atoms with E-state index >= 15 is 0 Å². The molecule has 0 aliphatic carbocycles. The summed E-state index contributed by atoms with van der Waals surface area (Å²) < 4.78 is 11.1. The zero-order chi connectivity index (χ0) is 14.4. The summed E-state index contributed by atoms with van der Waals surface area (Å²) in [6, 6.07) is 4.26. The van der Waals surface area contributed by atoms with Crippen molar-refractivity contribution in [3.8, 4) is 0 Å². The summed E-state index contributed by atoms with van der Waals surface area (Å²) in [5, 5.41) is 0. The highest BCUT2D eigenvalue weighted by Gasteiger charge is 2.20. The van der Waals surface area contributed by atoms with Crippen LogP contribution in [0.25, 0.3) is 0 Å². The molecule has 1 aromatic carbocycles. The summed E-state index contributed by atoms with van der Waals surface area (Å²) in [7, 11) is 0. The zero-order valence-corrected chi connectivity index (χ0v) is 12.8. The fourth-order valence-electron chi connectivity index (χ4n) is 2.49. The fraction of sp³-hybridized carbons (Fsp3) is 0.625. The first-order valence-corrected chi connectivity index (χ1v) is 7.05. The Bertz CT molecular complexity index is 375. The molecule has 0 saturated heterocycles. The summed E-state index contributed by atoms with van der Waals surface area (Å²) in [5.41, 5.74) is 11.4. The maximum Gasteiger partial charge on any atom is 0.172 e. The van der Waals surface area contributed by atoms with Gasteiger partial charge in [-0.05, 0) is 57.7 Å². The molecule has 2 N–H and O–H groups in total. The van der Waals surface area contributed by atoms with E-state index in [1.54, 1.807) is 0 Å². The van der Waals surface area contributed by atoms with Gasteiger partial charge in [-0.3, -0.25) is 0 Å². The molecule has 0 spiro atoms. The second-order valence-electron chi connectivity index (χ2n) is 5.02. The monoisotopic (exact) mass is 265 g/mol. The molecule has 0 saturated carbocycles. The predicted molar refractivity (Wildman–Crippen MR) is 79.4 cm³/mol. The quantitative estimate of drug-likeness (QED) is 0.771. The van der Waals surface area contributed by atoms with E-state index in [1.807, 2.05) is 13.8 Å². The highest BCUT2D eigenvalue weighted by Crippen LogP contribution is 2.19. The minimum atomic E-state index is -0.324. The number of aryl methyl sites for hydroxylation is 3. The van der Waals surface area contributed by atoms with Crippen LogP contribution in [0.15, 0.2) is 12.1 Å². The number of nitrogens with two attached hydrogens (primary N) is 1.